The number of halogens is 4. The number of alkyl carbamates (subject to hydrolysis) is 1. The summed E-state index contributed by atoms with van der Waals surface area (Å²) in [6.45, 7) is 6.20. The molecule has 0 unspecified atom stereocenters. The Labute approximate surface area is 279 Å². The average Bonchev–Trinajstić information content (AvgIpc) is 3.76. The first kappa shape index (κ1) is 34.9. The summed E-state index contributed by atoms with van der Waals surface area (Å²) in [4.78, 5) is 36.7. The Morgan fingerprint density at radius 1 is 1.06 bits per heavy atom. The molecule has 4 heterocycles. The van der Waals surface area contributed by atoms with E-state index in [4.69, 9.17) is 16.3 Å². The van der Waals surface area contributed by atoms with Crippen LogP contribution in [0, 0.1) is 0 Å². The maximum absolute atomic E-state index is 13.3. The first-order valence-corrected chi connectivity index (χ1v) is 17.5. The monoisotopic (exact) mass is 714 g/mol. The number of hydrogen-bond donors (Lipinski definition) is 2. The van der Waals surface area contributed by atoms with Crippen molar-refractivity contribution in [3.8, 4) is 11.3 Å². The number of sulfonamides is 1. The van der Waals surface area contributed by atoms with Crippen LogP contribution in [0.5, 0.6) is 0 Å². The van der Waals surface area contributed by atoms with Crippen molar-refractivity contribution < 1.29 is 35.9 Å². The van der Waals surface area contributed by atoms with Crippen LogP contribution in [0.25, 0.3) is 11.3 Å². The summed E-state index contributed by atoms with van der Waals surface area (Å²) in [5, 5.41) is 5.62. The molecule has 0 spiro atoms. The van der Waals surface area contributed by atoms with E-state index in [1.807, 2.05) is 4.90 Å². The molecule has 0 bridgehead atoms. The molecule has 47 heavy (non-hydrogen) atoms. The summed E-state index contributed by atoms with van der Waals surface area (Å²) in [7, 11) is -3.94. The van der Waals surface area contributed by atoms with Crippen LogP contribution >= 0.6 is 22.9 Å². The number of carbonyl (C=O) groups excluding carboxylic acids is 2. The van der Waals surface area contributed by atoms with Gasteiger partial charge in [-0.15, -0.1) is 11.3 Å². The Kier molecular flexibility index (Phi) is 10.1. The van der Waals surface area contributed by atoms with Gasteiger partial charge in [0.05, 0.1) is 33.9 Å². The van der Waals surface area contributed by atoms with E-state index in [-0.39, 0.29) is 29.3 Å². The smallest absolute Gasteiger partial charge is 0.416 e. The Bertz CT molecular complexity index is 1730. The number of alkyl halides is 3. The van der Waals surface area contributed by atoms with Crippen LogP contribution in [0.15, 0.2) is 46.7 Å². The fourth-order valence-corrected chi connectivity index (χ4v) is 8.63. The maximum Gasteiger partial charge on any atom is 0.416 e. The predicted molar refractivity (Wildman–Crippen MR) is 171 cm³/mol. The van der Waals surface area contributed by atoms with Gasteiger partial charge in [0.25, 0.3) is 10.0 Å². The second-order valence-electron chi connectivity index (χ2n) is 12.2. The highest BCUT2D eigenvalue weighted by Crippen LogP contribution is 2.33. The van der Waals surface area contributed by atoms with E-state index in [9.17, 15) is 31.2 Å². The third-order valence-corrected chi connectivity index (χ3v) is 11.1. The Morgan fingerprint density at radius 3 is 2.43 bits per heavy atom. The van der Waals surface area contributed by atoms with Gasteiger partial charge in [0.15, 0.2) is 0 Å². The largest absolute Gasteiger partial charge is 0.444 e. The second-order valence-corrected chi connectivity index (χ2v) is 16.1. The van der Waals surface area contributed by atoms with E-state index >= 15 is 0 Å². The number of hydrogen-bond acceptors (Lipinski definition) is 9. The minimum absolute atomic E-state index is 0.0499. The zero-order valence-corrected chi connectivity index (χ0v) is 28.2. The summed E-state index contributed by atoms with van der Waals surface area (Å²) in [6, 6.07) is 7.81. The molecule has 2 fully saturated rings. The molecule has 0 aliphatic carbocycles. The molecular weight excluding hydrogens is 681 g/mol. The van der Waals surface area contributed by atoms with Crippen molar-refractivity contribution in [2.45, 2.75) is 74.6 Å². The van der Waals surface area contributed by atoms with Gasteiger partial charge in [-0.25, -0.2) is 23.2 Å². The Hall–Kier alpha value is -3.47. The average molecular weight is 715 g/mol. The van der Waals surface area contributed by atoms with E-state index in [0.29, 0.717) is 53.6 Å². The summed E-state index contributed by atoms with van der Waals surface area (Å²) in [5.41, 5.74) is -0.382. The van der Waals surface area contributed by atoms with Gasteiger partial charge < -0.3 is 20.3 Å². The van der Waals surface area contributed by atoms with Crippen LogP contribution in [0.2, 0.25) is 4.34 Å². The number of amides is 2. The SMILES string of the molecule is CC(C)(C)OC(=O)N[C@@H]1CCN(c2nc(CNC(=O)[C@@H]3CCCN3S(=O)(=O)c3ccc(Cl)s3)cc(-c3ccc(C(F)(F)F)cc3)n2)C1. The number of nitrogens with one attached hydrogen (secondary N) is 2. The predicted octanol–water partition coefficient (Wildman–Crippen LogP) is 5.45. The van der Waals surface area contributed by atoms with Gasteiger partial charge in [0.1, 0.15) is 15.9 Å². The van der Waals surface area contributed by atoms with Crippen LogP contribution in [-0.2, 0) is 32.3 Å². The molecule has 0 saturated carbocycles. The van der Waals surface area contributed by atoms with Crippen molar-refractivity contribution >= 4 is 50.9 Å². The van der Waals surface area contributed by atoms with Gasteiger partial charge in [-0.3, -0.25) is 4.79 Å². The van der Waals surface area contributed by atoms with Crippen molar-refractivity contribution in [2.24, 2.45) is 0 Å². The second kappa shape index (κ2) is 13.6. The normalized spacial score (nSPS) is 19.2. The lowest BCUT2D eigenvalue weighted by atomic mass is 10.1. The van der Waals surface area contributed by atoms with E-state index in [1.54, 1.807) is 26.8 Å². The molecule has 2 aliphatic heterocycles. The molecule has 17 heteroatoms. The van der Waals surface area contributed by atoms with Crippen molar-refractivity contribution in [1.29, 1.82) is 0 Å². The quantitative estimate of drug-likeness (QED) is 0.315. The molecule has 2 amide bonds. The minimum Gasteiger partial charge on any atom is -0.444 e. The molecule has 2 aromatic heterocycles. The number of rotatable bonds is 8. The number of thiophene rings is 1. The van der Waals surface area contributed by atoms with Crippen molar-refractivity contribution in [3.63, 3.8) is 0 Å². The summed E-state index contributed by atoms with van der Waals surface area (Å²) < 4.78 is 73.0. The molecule has 3 aromatic rings. The first-order chi connectivity index (χ1) is 22.0. The van der Waals surface area contributed by atoms with Gasteiger partial charge in [0.2, 0.25) is 11.9 Å². The number of aromatic nitrogens is 2. The topological polar surface area (TPSA) is 134 Å². The molecule has 2 saturated heterocycles. The molecule has 1 aromatic carbocycles. The Morgan fingerprint density at radius 2 is 1.79 bits per heavy atom. The van der Waals surface area contributed by atoms with Crippen LogP contribution in [0.3, 0.4) is 0 Å². The van der Waals surface area contributed by atoms with Crippen molar-refractivity contribution in [1.82, 2.24) is 24.9 Å². The van der Waals surface area contributed by atoms with Crippen LogP contribution in [-0.4, -0.2) is 72.0 Å². The highest BCUT2D eigenvalue weighted by molar-refractivity contribution is 7.91. The van der Waals surface area contributed by atoms with Crippen molar-refractivity contribution in [2.75, 3.05) is 24.5 Å². The number of carbonyl (C=O) groups is 2. The van der Waals surface area contributed by atoms with E-state index < -0.39 is 45.4 Å². The van der Waals surface area contributed by atoms with Gasteiger partial charge >= 0.3 is 12.3 Å². The molecule has 2 N–H and O–H groups in total. The van der Waals surface area contributed by atoms with E-state index in [1.165, 1.54) is 28.6 Å². The maximum atomic E-state index is 13.3. The van der Waals surface area contributed by atoms with Crippen molar-refractivity contribution in [3.05, 3.63) is 58.1 Å². The number of ether oxygens (including phenoxy) is 1. The highest BCUT2D eigenvalue weighted by Gasteiger charge is 2.40. The summed E-state index contributed by atoms with van der Waals surface area (Å²) >= 11 is 6.87. The molecule has 0 radical (unpaired) electrons. The molecule has 5 rings (SSSR count). The van der Waals surface area contributed by atoms with Crippen LogP contribution in [0.1, 0.15) is 51.3 Å². The van der Waals surface area contributed by atoms with E-state index in [0.717, 1.165) is 23.5 Å². The molecule has 2 aliphatic rings. The number of anilines is 1. The minimum atomic E-state index is -4.51. The van der Waals surface area contributed by atoms with Gasteiger partial charge in [0, 0.05) is 25.2 Å². The van der Waals surface area contributed by atoms with E-state index in [2.05, 4.69) is 20.6 Å². The summed E-state index contributed by atoms with van der Waals surface area (Å²) in [5.74, 6) is -0.243. The third kappa shape index (κ3) is 8.52. The van der Waals surface area contributed by atoms with Gasteiger partial charge in [-0.1, -0.05) is 23.7 Å². The third-order valence-electron chi connectivity index (χ3n) is 7.53. The van der Waals surface area contributed by atoms with Crippen LogP contribution < -0.4 is 15.5 Å². The number of nitrogens with zero attached hydrogens (tertiary/aromatic N) is 4. The molecule has 254 valence electrons. The lowest BCUT2D eigenvalue weighted by Crippen LogP contribution is -2.45. The number of benzene rings is 1. The van der Waals surface area contributed by atoms with Crippen LogP contribution in [0.4, 0.5) is 23.9 Å². The zero-order valence-electron chi connectivity index (χ0n) is 25.8. The molecular formula is C30H34ClF3N6O5S2. The molecule has 11 nitrogen and oxygen atoms in total. The Balaban J connectivity index is 1.35. The van der Waals surface area contributed by atoms with Gasteiger partial charge in [-0.2, -0.15) is 17.5 Å². The lowest BCUT2D eigenvalue weighted by Gasteiger charge is -2.23. The summed E-state index contributed by atoms with van der Waals surface area (Å²) in [6.07, 6.45) is -3.67. The highest BCUT2D eigenvalue weighted by atomic mass is 35.5. The molecule has 2 atom stereocenters. The standard InChI is InChI=1S/C30H34ClF3N6O5S2/c1-29(2,3)45-28(42)37-20-12-14-39(17-20)27-36-21(15-22(38-27)18-6-8-19(9-7-18)30(32,33)34)16-35-26(41)23-5-4-13-40(23)47(43,44)25-11-10-24(31)46-25/h6-11,15,20,23H,4-5,12-14,16-17H2,1-3H3,(H,35,41)(H,37,42)/t20-,23+/m1/s1. The fraction of sp³-hybridized carbons (Fsp3) is 0.467. The lowest BCUT2D eigenvalue weighted by molar-refractivity contribution is -0.137. The zero-order chi connectivity index (χ0) is 34.1. The fourth-order valence-electron chi connectivity index (χ4n) is 5.36. The first-order valence-electron chi connectivity index (χ1n) is 14.8. The van der Waals surface area contributed by atoms with Gasteiger partial charge in [-0.05, 0) is 70.4 Å².